The van der Waals surface area contributed by atoms with Crippen LogP contribution in [0.25, 0.3) is 6.08 Å². The summed E-state index contributed by atoms with van der Waals surface area (Å²) < 4.78 is 1.86. The van der Waals surface area contributed by atoms with E-state index in [-0.39, 0.29) is 5.91 Å². The van der Waals surface area contributed by atoms with Crippen LogP contribution in [0.15, 0.2) is 57.5 Å². The van der Waals surface area contributed by atoms with Crippen molar-refractivity contribution in [2.75, 3.05) is 5.32 Å². The molecule has 4 heteroatoms. The van der Waals surface area contributed by atoms with Gasteiger partial charge in [0.2, 0.25) is 5.91 Å². The molecule has 0 aliphatic carbocycles. The molecule has 1 N–H and O–H groups in total. The first-order valence-corrected chi connectivity index (χ1v) is 7.64. The van der Waals surface area contributed by atoms with Crippen molar-refractivity contribution in [1.82, 2.24) is 0 Å². The molecule has 0 saturated carbocycles. The SMILES string of the molecule is Cc1ccc(NC(=O)/C=C/c2cccc(Br)c2)c(Br)c1. The molecule has 0 saturated heterocycles. The molecule has 0 unspecified atom stereocenters. The molecule has 2 rings (SSSR count). The van der Waals surface area contributed by atoms with Crippen LogP contribution in [-0.4, -0.2) is 5.91 Å². The summed E-state index contributed by atoms with van der Waals surface area (Å²) in [6, 6.07) is 13.6. The Bertz CT molecular complexity index is 665. The van der Waals surface area contributed by atoms with Gasteiger partial charge in [-0.1, -0.05) is 34.1 Å². The number of amides is 1. The molecule has 0 atom stereocenters. The molecular weight excluding hydrogens is 382 g/mol. The Balaban J connectivity index is 2.05. The molecule has 0 aliphatic heterocycles. The van der Waals surface area contributed by atoms with Crippen LogP contribution in [-0.2, 0) is 4.79 Å². The number of aryl methyl sites for hydroxylation is 1. The van der Waals surface area contributed by atoms with Gasteiger partial charge >= 0.3 is 0 Å². The van der Waals surface area contributed by atoms with Crippen LogP contribution in [0.1, 0.15) is 11.1 Å². The zero-order valence-electron chi connectivity index (χ0n) is 10.9. The van der Waals surface area contributed by atoms with Gasteiger partial charge in [0.25, 0.3) is 0 Å². The number of benzene rings is 2. The molecule has 0 spiro atoms. The third-order valence-corrected chi connectivity index (χ3v) is 3.81. The second-order valence-corrected chi connectivity index (χ2v) is 6.13. The molecule has 1 amide bonds. The smallest absolute Gasteiger partial charge is 0.248 e. The van der Waals surface area contributed by atoms with Crippen molar-refractivity contribution < 1.29 is 4.79 Å². The van der Waals surface area contributed by atoms with Crippen LogP contribution in [0.2, 0.25) is 0 Å². The Labute approximate surface area is 135 Å². The van der Waals surface area contributed by atoms with Gasteiger partial charge in [-0.25, -0.2) is 0 Å². The Morgan fingerprint density at radius 2 is 1.95 bits per heavy atom. The van der Waals surface area contributed by atoms with Crippen molar-refractivity contribution in [3.05, 3.63) is 68.6 Å². The topological polar surface area (TPSA) is 29.1 Å². The Hall–Kier alpha value is -1.39. The van der Waals surface area contributed by atoms with Crippen LogP contribution >= 0.6 is 31.9 Å². The molecule has 0 radical (unpaired) electrons. The lowest BCUT2D eigenvalue weighted by Crippen LogP contribution is -2.08. The predicted molar refractivity (Wildman–Crippen MR) is 90.7 cm³/mol. The van der Waals surface area contributed by atoms with E-state index in [1.54, 1.807) is 6.08 Å². The zero-order chi connectivity index (χ0) is 14.5. The molecule has 0 heterocycles. The average Bonchev–Trinajstić information content (AvgIpc) is 2.40. The quantitative estimate of drug-likeness (QED) is 0.714. The number of carbonyl (C=O) groups is 1. The lowest BCUT2D eigenvalue weighted by Gasteiger charge is -2.05. The van der Waals surface area contributed by atoms with E-state index in [1.807, 2.05) is 49.4 Å². The minimum absolute atomic E-state index is 0.158. The zero-order valence-corrected chi connectivity index (χ0v) is 14.0. The summed E-state index contributed by atoms with van der Waals surface area (Å²) in [5.41, 5.74) is 2.87. The predicted octanol–water partition coefficient (Wildman–Crippen LogP) is 5.17. The van der Waals surface area contributed by atoms with E-state index in [1.165, 1.54) is 6.08 Å². The number of carbonyl (C=O) groups excluding carboxylic acids is 1. The molecular formula is C16H13Br2NO. The van der Waals surface area contributed by atoms with Crippen molar-refractivity contribution in [3.63, 3.8) is 0 Å². The minimum atomic E-state index is -0.158. The fourth-order valence-corrected chi connectivity index (χ4v) is 2.69. The summed E-state index contributed by atoms with van der Waals surface area (Å²) in [6.45, 7) is 2.00. The largest absolute Gasteiger partial charge is 0.321 e. The lowest BCUT2D eigenvalue weighted by molar-refractivity contribution is -0.111. The van der Waals surface area contributed by atoms with E-state index in [2.05, 4.69) is 37.2 Å². The van der Waals surface area contributed by atoms with Crippen molar-refractivity contribution >= 4 is 49.5 Å². The molecule has 20 heavy (non-hydrogen) atoms. The van der Waals surface area contributed by atoms with Gasteiger partial charge in [-0.2, -0.15) is 0 Å². The highest BCUT2D eigenvalue weighted by Crippen LogP contribution is 2.23. The van der Waals surface area contributed by atoms with Gasteiger partial charge in [0.05, 0.1) is 5.69 Å². The summed E-state index contributed by atoms with van der Waals surface area (Å²) in [6.07, 6.45) is 3.30. The maximum Gasteiger partial charge on any atom is 0.248 e. The first-order valence-electron chi connectivity index (χ1n) is 6.05. The van der Waals surface area contributed by atoms with Gasteiger partial charge in [-0.05, 0) is 64.3 Å². The standard InChI is InChI=1S/C16H13Br2NO/c1-11-5-7-15(14(18)9-11)19-16(20)8-6-12-3-2-4-13(17)10-12/h2-10H,1H3,(H,19,20)/b8-6+. The lowest BCUT2D eigenvalue weighted by atomic mass is 10.2. The highest BCUT2D eigenvalue weighted by Gasteiger charge is 2.02. The highest BCUT2D eigenvalue weighted by atomic mass is 79.9. The van der Waals surface area contributed by atoms with E-state index in [0.29, 0.717) is 0 Å². The number of anilines is 1. The molecule has 0 aromatic heterocycles. The van der Waals surface area contributed by atoms with Crippen LogP contribution in [0, 0.1) is 6.92 Å². The van der Waals surface area contributed by atoms with Crippen LogP contribution in [0.3, 0.4) is 0 Å². The van der Waals surface area contributed by atoms with E-state index >= 15 is 0 Å². The Kier molecular flexibility index (Phi) is 5.15. The van der Waals surface area contributed by atoms with E-state index in [9.17, 15) is 4.79 Å². The maximum absolute atomic E-state index is 11.9. The van der Waals surface area contributed by atoms with Crippen molar-refractivity contribution in [2.24, 2.45) is 0 Å². The molecule has 2 nitrogen and oxygen atoms in total. The molecule has 2 aromatic carbocycles. The van der Waals surface area contributed by atoms with Gasteiger partial charge in [0.15, 0.2) is 0 Å². The highest BCUT2D eigenvalue weighted by molar-refractivity contribution is 9.10. The first-order chi connectivity index (χ1) is 9.54. The normalized spacial score (nSPS) is 10.8. The van der Waals surface area contributed by atoms with Gasteiger partial charge in [0, 0.05) is 15.0 Å². The second kappa shape index (κ2) is 6.86. The molecule has 0 aliphatic rings. The van der Waals surface area contributed by atoms with E-state index < -0.39 is 0 Å². The summed E-state index contributed by atoms with van der Waals surface area (Å²) in [7, 11) is 0. The van der Waals surface area contributed by atoms with Crippen molar-refractivity contribution in [1.29, 1.82) is 0 Å². The number of nitrogens with one attached hydrogen (secondary N) is 1. The number of hydrogen-bond donors (Lipinski definition) is 1. The molecule has 0 fully saturated rings. The molecule has 0 bridgehead atoms. The first kappa shape index (κ1) is 15.0. The minimum Gasteiger partial charge on any atom is -0.321 e. The monoisotopic (exact) mass is 393 g/mol. The Morgan fingerprint density at radius 1 is 1.15 bits per heavy atom. The molecule has 102 valence electrons. The summed E-state index contributed by atoms with van der Waals surface area (Å²) in [4.78, 5) is 11.9. The van der Waals surface area contributed by atoms with Gasteiger partial charge in [-0.15, -0.1) is 0 Å². The molecule has 2 aromatic rings. The number of rotatable bonds is 3. The summed E-state index contributed by atoms with van der Waals surface area (Å²) >= 11 is 6.83. The fraction of sp³-hybridized carbons (Fsp3) is 0.0625. The third-order valence-electron chi connectivity index (χ3n) is 2.66. The van der Waals surface area contributed by atoms with Crippen LogP contribution in [0.5, 0.6) is 0 Å². The van der Waals surface area contributed by atoms with Gasteiger partial charge in [0.1, 0.15) is 0 Å². The van der Waals surface area contributed by atoms with E-state index in [4.69, 9.17) is 0 Å². The average molecular weight is 395 g/mol. The van der Waals surface area contributed by atoms with E-state index in [0.717, 1.165) is 25.8 Å². The van der Waals surface area contributed by atoms with Crippen molar-refractivity contribution in [3.8, 4) is 0 Å². The second-order valence-electron chi connectivity index (χ2n) is 4.36. The summed E-state index contributed by atoms with van der Waals surface area (Å²) in [5.74, 6) is -0.158. The van der Waals surface area contributed by atoms with Crippen LogP contribution < -0.4 is 5.32 Å². The fourth-order valence-electron chi connectivity index (χ4n) is 1.68. The third kappa shape index (κ3) is 4.32. The maximum atomic E-state index is 11.9. The number of hydrogen-bond acceptors (Lipinski definition) is 1. The number of halogens is 2. The van der Waals surface area contributed by atoms with Gasteiger partial charge < -0.3 is 5.32 Å². The Morgan fingerprint density at radius 3 is 2.65 bits per heavy atom. The summed E-state index contributed by atoms with van der Waals surface area (Å²) in [5, 5.41) is 2.84. The van der Waals surface area contributed by atoms with Crippen LogP contribution in [0.4, 0.5) is 5.69 Å². The van der Waals surface area contributed by atoms with Gasteiger partial charge in [-0.3, -0.25) is 4.79 Å². The van der Waals surface area contributed by atoms with Crippen molar-refractivity contribution in [2.45, 2.75) is 6.92 Å².